The fraction of sp³-hybridized carbons (Fsp3) is 0.611. The van der Waals surface area contributed by atoms with Crippen molar-refractivity contribution < 1.29 is 9.53 Å². The molecule has 1 N–H and O–H groups in total. The average Bonchev–Trinajstić information content (AvgIpc) is 3.16. The van der Waals surface area contributed by atoms with Crippen molar-refractivity contribution in [2.75, 3.05) is 46.9 Å². The van der Waals surface area contributed by atoms with Gasteiger partial charge in [0.05, 0.1) is 0 Å². The second-order valence-electron chi connectivity index (χ2n) is 7.07. The lowest BCUT2D eigenvalue weighted by Crippen LogP contribution is -2.29. The van der Waals surface area contributed by atoms with E-state index < -0.39 is 0 Å². The molecule has 0 radical (unpaired) electrons. The third-order valence-corrected chi connectivity index (χ3v) is 5.07. The molecule has 2 aliphatic heterocycles. The molecule has 0 bridgehead atoms. The lowest BCUT2D eigenvalue weighted by atomic mass is 9.86. The van der Waals surface area contributed by atoms with Gasteiger partial charge >= 0.3 is 0 Å². The molecule has 0 saturated carbocycles. The summed E-state index contributed by atoms with van der Waals surface area (Å²) in [7, 11) is 3.49. The van der Waals surface area contributed by atoms with Gasteiger partial charge in [-0.1, -0.05) is 18.2 Å². The minimum Gasteiger partial charge on any atom is -0.483 e. The number of carbonyl (C=O) groups excluding carboxylic acids is 1. The van der Waals surface area contributed by atoms with E-state index >= 15 is 0 Å². The van der Waals surface area contributed by atoms with Crippen LogP contribution in [-0.4, -0.2) is 62.6 Å². The first-order chi connectivity index (χ1) is 11.1. The van der Waals surface area contributed by atoms with Gasteiger partial charge in [-0.05, 0) is 37.4 Å². The molecule has 1 aromatic rings. The number of nitrogens with zero attached hydrogens (tertiary/aromatic N) is 2. The molecule has 5 heteroatoms. The van der Waals surface area contributed by atoms with Crippen LogP contribution in [0.5, 0.6) is 5.75 Å². The van der Waals surface area contributed by atoms with Crippen molar-refractivity contribution in [2.24, 2.45) is 5.41 Å². The highest BCUT2D eigenvalue weighted by molar-refractivity contribution is 5.77. The summed E-state index contributed by atoms with van der Waals surface area (Å²) in [5.41, 5.74) is 1.65. The van der Waals surface area contributed by atoms with Crippen LogP contribution >= 0.6 is 0 Å². The van der Waals surface area contributed by atoms with Crippen LogP contribution in [0.3, 0.4) is 0 Å². The van der Waals surface area contributed by atoms with Gasteiger partial charge in [0.15, 0.2) is 6.61 Å². The Balaban J connectivity index is 1.61. The van der Waals surface area contributed by atoms with E-state index in [1.165, 1.54) is 18.4 Å². The normalized spacial score (nSPS) is 24.3. The predicted octanol–water partition coefficient (Wildman–Crippen LogP) is 1.34. The van der Waals surface area contributed by atoms with Gasteiger partial charge in [0.2, 0.25) is 0 Å². The van der Waals surface area contributed by atoms with E-state index in [0.717, 1.165) is 38.5 Å². The fourth-order valence-corrected chi connectivity index (χ4v) is 3.59. The molecule has 2 aliphatic rings. The Morgan fingerprint density at radius 1 is 1.35 bits per heavy atom. The zero-order valence-corrected chi connectivity index (χ0v) is 14.2. The van der Waals surface area contributed by atoms with Crippen molar-refractivity contribution in [1.29, 1.82) is 0 Å². The zero-order chi connectivity index (χ0) is 16.3. The van der Waals surface area contributed by atoms with Gasteiger partial charge in [-0.2, -0.15) is 0 Å². The maximum absolute atomic E-state index is 11.7. The molecule has 1 aromatic carbocycles. The van der Waals surface area contributed by atoms with E-state index in [9.17, 15) is 4.79 Å². The minimum absolute atomic E-state index is 0.0167. The Hall–Kier alpha value is -1.59. The molecular formula is C18H27N3O2. The molecule has 126 valence electrons. The second kappa shape index (κ2) is 6.89. The summed E-state index contributed by atoms with van der Waals surface area (Å²) in [5, 5.41) is 3.50. The average molecular weight is 317 g/mol. The van der Waals surface area contributed by atoms with Gasteiger partial charge < -0.3 is 15.0 Å². The zero-order valence-electron chi connectivity index (χ0n) is 14.2. The first kappa shape index (κ1) is 16.3. The SMILES string of the molecule is CN(C)C(=O)COc1ccccc1CN1CCC2(CCNC2)C1. The first-order valence-electron chi connectivity index (χ1n) is 8.42. The Bertz CT molecular complexity index is 553. The third-order valence-electron chi connectivity index (χ3n) is 5.07. The molecule has 5 nitrogen and oxygen atoms in total. The predicted molar refractivity (Wildman–Crippen MR) is 90.4 cm³/mol. The largest absolute Gasteiger partial charge is 0.483 e. The molecule has 1 atom stereocenters. The molecule has 2 heterocycles. The van der Waals surface area contributed by atoms with Gasteiger partial charge in [0.1, 0.15) is 5.75 Å². The first-order valence-corrected chi connectivity index (χ1v) is 8.42. The molecule has 0 aliphatic carbocycles. The third kappa shape index (κ3) is 3.85. The minimum atomic E-state index is -0.0167. The molecule has 3 rings (SSSR count). The highest BCUT2D eigenvalue weighted by atomic mass is 16.5. The number of hydrogen-bond acceptors (Lipinski definition) is 4. The number of likely N-dealkylation sites (tertiary alicyclic amines) is 1. The van der Waals surface area contributed by atoms with Crippen LogP contribution in [0.1, 0.15) is 18.4 Å². The molecule has 23 heavy (non-hydrogen) atoms. The van der Waals surface area contributed by atoms with Crippen molar-refractivity contribution >= 4 is 5.91 Å². The molecule has 2 saturated heterocycles. The Morgan fingerprint density at radius 3 is 2.91 bits per heavy atom. The summed E-state index contributed by atoms with van der Waals surface area (Å²) >= 11 is 0. The van der Waals surface area contributed by atoms with E-state index in [1.54, 1.807) is 19.0 Å². The van der Waals surface area contributed by atoms with Gasteiger partial charge in [-0.15, -0.1) is 0 Å². The Morgan fingerprint density at radius 2 is 2.17 bits per heavy atom. The number of benzene rings is 1. The van der Waals surface area contributed by atoms with E-state index in [1.807, 2.05) is 18.2 Å². The number of likely N-dealkylation sites (N-methyl/N-ethyl adjacent to an activating group) is 1. The molecule has 1 spiro atoms. The highest BCUT2D eigenvalue weighted by Crippen LogP contribution is 2.37. The quantitative estimate of drug-likeness (QED) is 0.890. The van der Waals surface area contributed by atoms with Gasteiger partial charge in [-0.25, -0.2) is 0 Å². The number of nitrogens with one attached hydrogen (secondary N) is 1. The van der Waals surface area contributed by atoms with Crippen molar-refractivity contribution in [3.8, 4) is 5.75 Å². The maximum atomic E-state index is 11.7. The Labute approximate surface area is 138 Å². The Kier molecular flexibility index (Phi) is 4.87. The molecule has 1 amide bonds. The number of para-hydroxylation sites is 1. The van der Waals surface area contributed by atoms with E-state index in [2.05, 4.69) is 16.3 Å². The standard InChI is InChI=1S/C18H27N3O2/c1-20(2)17(22)12-23-16-6-4-3-5-15(16)11-21-10-8-18(14-21)7-9-19-13-18/h3-6,19H,7-14H2,1-2H3. The van der Waals surface area contributed by atoms with Crippen LogP contribution in [0, 0.1) is 5.41 Å². The van der Waals surface area contributed by atoms with Crippen LogP contribution in [0.4, 0.5) is 0 Å². The van der Waals surface area contributed by atoms with Gasteiger partial charge in [-0.3, -0.25) is 9.69 Å². The summed E-state index contributed by atoms with van der Waals surface area (Å²) in [5.74, 6) is 0.810. The topological polar surface area (TPSA) is 44.8 Å². The lowest BCUT2D eigenvalue weighted by Gasteiger charge is -2.23. The number of ether oxygens (including phenoxy) is 1. The summed E-state index contributed by atoms with van der Waals surface area (Å²) in [6.45, 7) is 5.60. The van der Waals surface area contributed by atoms with E-state index in [4.69, 9.17) is 4.74 Å². The van der Waals surface area contributed by atoms with Gasteiger partial charge in [0.25, 0.3) is 5.91 Å². The van der Waals surface area contributed by atoms with Crippen LogP contribution in [0.25, 0.3) is 0 Å². The van der Waals surface area contributed by atoms with Crippen molar-refractivity contribution in [2.45, 2.75) is 19.4 Å². The van der Waals surface area contributed by atoms with Crippen LogP contribution in [0.15, 0.2) is 24.3 Å². The van der Waals surface area contributed by atoms with E-state index in [-0.39, 0.29) is 12.5 Å². The van der Waals surface area contributed by atoms with Crippen LogP contribution in [0.2, 0.25) is 0 Å². The number of carbonyl (C=O) groups is 1. The monoisotopic (exact) mass is 317 g/mol. The molecule has 0 aromatic heterocycles. The summed E-state index contributed by atoms with van der Waals surface area (Å²) in [6, 6.07) is 8.07. The second-order valence-corrected chi connectivity index (χ2v) is 7.07. The van der Waals surface area contributed by atoms with E-state index in [0.29, 0.717) is 5.41 Å². The summed E-state index contributed by atoms with van der Waals surface area (Å²) in [6.07, 6.45) is 2.57. The van der Waals surface area contributed by atoms with Crippen molar-refractivity contribution in [1.82, 2.24) is 15.1 Å². The maximum Gasteiger partial charge on any atom is 0.259 e. The molecule has 1 unspecified atom stereocenters. The fourth-order valence-electron chi connectivity index (χ4n) is 3.59. The van der Waals surface area contributed by atoms with Crippen molar-refractivity contribution in [3.63, 3.8) is 0 Å². The summed E-state index contributed by atoms with van der Waals surface area (Å²) < 4.78 is 5.76. The number of hydrogen-bond donors (Lipinski definition) is 1. The van der Waals surface area contributed by atoms with Crippen molar-refractivity contribution in [3.05, 3.63) is 29.8 Å². The molecular weight excluding hydrogens is 290 g/mol. The molecule has 2 fully saturated rings. The summed E-state index contributed by atoms with van der Waals surface area (Å²) in [4.78, 5) is 15.8. The van der Waals surface area contributed by atoms with Gasteiger partial charge in [0, 0.05) is 39.3 Å². The van der Waals surface area contributed by atoms with Crippen LogP contribution < -0.4 is 10.1 Å². The number of rotatable bonds is 5. The highest BCUT2D eigenvalue weighted by Gasteiger charge is 2.40. The van der Waals surface area contributed by atoms with Crippen LogP contribution in [-0.2, 0) is 11.3 Å². The number of amides is 1. The lowest BCUT2D eigenvalue weighted by molar-refractivity contribution is -0.130. The smallest absolute Gasteiger partial charge is 0.259 e.